The minimum atomic E-state index is -0.206. The first-order chi connectivity index (χ1) is 9.90. The van der Waals surface area contributed by atoms with Crippen molar-refractivity contribution in [1.29, 1.82) is 0 Å². The van der Waals surface area contributed by atoms with Crippen LogP contribution in [0.2, 0.25) is 0 Å². The Kier molecular flexibility index (Phi) is 4.57. The maximum atomic E-state index is 12.3. The first-order valence-corrected chi connectivity index (χ1v) is 7.77. The minimum absolute atomic E-state index is 0.206. The predicted octanol–water partition coefficient (Wildman–Crippen LogP) is 3.37. The summed E-state index contributed by atoms with van der Waals surface area (Å²) in [5.74, 6) is 0.368. The number of carbonyl (C=O) groups excluding carboxylic acids is 1. The number of pyridine rings is 1. The summed E-state index contributed by atoms with van der Waals surface area (Å²) in [6.45, 7) is 8.09. The highest BCUT2D eigenvalue weighted by atomic mass is 32.1. The SMILES string of the molecule is CCc1nc(NC(=O)c2cc(N)nc(C(C)C)c2)sc1C. The molecule has 0 aromatic carbocycles. The van der Waals surface area contributed by atoms with Crippen molar-refractivity contribution in [3.05, 3.63) is 34.0 Å². The van der Waals surface area contributed by atoms with Crippen molar-refractivity contribution in [3.8, 4) is 0 Å². The summed E-state index contributed by atoms with van der Waals surface area (Å²) in [6, 6.07) is 3.36. The molecule has 0 aliphatic carbocycles. The topological polar surface area (TPSA) is 80.9 Å². The van der Waals surface area contributed by atoms with E-state index < -0.39 is 0 Å². The summed E-state index contributed by atoms with van der Waals surface area (Å²) in [5, 5.41) is 3.45. The average molecular weight is 304 g/mol. The number of carbonyl (C=O) groups is 1. The van der Waals surface area contributed by atoms with Gasteiger partial charge in [0.1, 0.15) is 5.82 Å². The van der Waals surface area contributed by atoms with Crippen LogP contribution in [0.15, 0.2) is 12.1 Å². The Hall–Kier alpha value is -1.95. The van der Waals surface area contributed by atoms with Gasteiger partial charge in [-0.25, -0.2) is 9.97 Å². The highest BCUT2D eigenvalue weighted by Crippen LogP contribution is 2.23. The fraction of sp³-hybridized carbons (Fsp3) is 0.400. The molecule has 0 saturated carbocycles. The molecule has 112 valence electrons. The summed E-state index contributed by atoms with van der Waals surface area (Å²) in [7, 11) is 0. The van der Waals surface area contributed by atoms with Crippen LogP contribution in [0.25, 0.3) is 0 Å². The molecule has 2 aromatic rings. The van der Waals surface area contributed by atoms with Crippen LogP contribution < -0.4 is 11.1 Å². The summed E-state index contributed by atoms with van der Waals surface area (Å²) in [4.78, 5) is 22.1. The zero-order chi connectivity index (χ0) is 15.6. The molecule has 2 rings (SSSR count). The highest BCUT2D eigenvalue weighted by Gasteiger charge is 2.14. The Morgan fingerprint density at radius 1 is 1.38 bits per heavy atom. The van der Waals surface area contributed by atoms with Gasteiger partial charge in [0.15, 0.2) is 5.13 Å². The maximum Gasteiger partial charge on any atom is 0.257 e. The van der Waals surface area contributed by atoms with Crippen LogP contribution in [0.1, 0.15) is 53.3 Å². The number of hydrogen-bond acceptors (Lipinski definition) is 5. The van der Waals surface area contributed by atoms with Gasteiger partial charge in [-0.05, 0) is 31.4 Å². The number of aryl methyl sites for hydroxylation is 2. The van der Waals surface area contributed by atoms with E-state index in [4.69, 9.17) is 5.73 Å². The zero-order valence-electron chi connectivity index (χ0n) is 12.7. The third kappa shape index (κ3) is 3.58. The van der Waals surface area contributed by atoms with E-state index in [1.807, 2.05) is 27.7 Å². The minimum Gasteiger partial charge on any atom is -0.384 e. The van der Waals surface area contributed by atoms with Gasteiger partial charge in [-0.1, -0.05) is 20.8 Å². The van der Waals surface area contributed by atoms with E-state index in [9.17, 15) is 4.79 Å². The number of nitrogens with zero attached hydrogens (tertiary/aromatic N) is 2. The van der Waals surface area contributed by atoms with E-state index in [1.54, 1.807) is 12.1 Å². The molecule has 3 N–H and O–H groups in total. The lowest BCUT2D eigenvalue weighted by atomic mass is 10.1. The molecule has 6 heteroatoms. The number of anilines is 2. The van der Waals surface area contributed by atoms with Crippen LogP contribution in [-0.4, -0.2) is 15.9 Å². The van der Waals surface area contributed by atoms with Crippen molar-refractivity contribution in [2.75, 3.05) is 11.1 Å². The summed E-state index contributed by atoms with van der Waals surface area (Å²) < 4.78 is 0. The number of nitrogen functional groups attached to an aromatic ring is 1. The molecule has 0 saturated heterocycles. The van der Waals surface area contributed by atoms with Gasteiger partial charge in [0, 0.05) is 16.1 Å². The number of nitrogens with two attached hydrogens (primary N) is 1. The van der Waals surface area contributed by atoms with E-state index in [-0.39, 0.29) is 11.8 Å². The van der Waals surface area contributed by atoms with Crippen molar-refractivity contribution < 1.29 is 4.79 Å². The molecule has 0 aliphatic heterocycles. The molecule has 21 heavy (non-hydrogen) atoms. The Labute approximate surface area is 128 Å². The lowest BCUT2D eigenvalue weighted by Crippen LogP contribution is -2.13. The van der Waals surface area contributed by atoms with Crippen LogP contribution in [0.5, 0.6) is 0 Å². The third-order valence-corrected chi connectivity index (χ3v) is 4.10. The van der Waals surface area contributed by atoms with Crippen molar-refractivity contribution in [3.63, 3.8) is 0 Å². The second-order valence-electron chi connectivity index (χ2n) is 5.19. The molecule has 0 fully saturated rings. The molecule has 5 nitrogen and oxygen atoms in total. The molecule has 0 spiro atoms. The van der Waals surface area contributed by atoms with E-state index >= 15 is 0 Å². The Morgan fingerprint density at radius 2 is 2.10 bits per heavy atom. The van der Waals surface area contributed by atoms with Crippen molar-refractivity contribution in [2.24, 2.45) is 0 Å². The van der Waals surface area contributed by atoms with Crippen LogP contribution in [0, 0.1) is 6.92 Å². The molecule has 0 unspecified atom stereocenters. The summed E-state index contributed by atoms with van der Waals surface area (Å²) >= 11 is 1.49. The largest absolute Gasteiger partial charge is 0.384 e. The fourth-order valence-electron chi connectivity index (χ4n) is 1.98. The van der Waals surface area contributed by atoms with Gasteiger partial charge >= 0.3 is 0 Å². The van der Waals surface area contributed by atoms with E-state index in [2.05, 4.69) is 15.3 Å². The number of nitrogens with one attached hydrogen (secondary N) is 1. The van der Waals surface area contributed by atoms with Gasteiger partial charge in [-0.2, -0.15) is 0 Å². The first-order valence-electron chi connectivity index (χ1n) is 6.95. The zero-order valence-corrected chi connectivity index (χ0v) is 13.5. The molecule has 2 aromatic heterocycles. The van der Waals surface area contributed by atoms with Crippen LogP contribution in [0.3, 0.4) is 0 Å². The summed E-state index contributed by atoms with van der Waals surface area (Å²) in [5.41, 5.74) is 8.12. The van der Waals surface area contributed by atoms with E-state index in [0.29, 0.717) is 16.5 Å². The lowest BCUT2D eigenvalue weighted by molar-refractivity contribution is 0.102. The quantitative estimate of drug-likeness (QED) is 0.907. The van der Waals surface area contributed by atoms with Crippen LogP contribution in [0.4, 0.5) is 10.9 Å². The Morgan fingerprint density at radius 3 is 2.67 bits per heavy atom. The predicted molar refractivity (Wildman–Crippen MR) is 86.9 cm³/mol. The standard InChI is InChI=1S/C15H20N4OS/c1-5-11-9(4)21-15(18-11)19-14(20)10-6-12(8(2)3)17-13(16)7-10/h6-8H,5H2,1-4H3,(H2,16,17)(H,18,19,20). The molecule has 1 amide bonds. The normalized spacial score (nSPS) is 10.9. The van der Waals surface area contributed by atoms with Crippen molar-refractivity contribution >= 4 is 28.2 Å². The highest BCUT2D eigenvalue weighted by molar-refractivity contribution is 7.15. The molecular weight excluding hydrogens is 284 g/mol. The second-order valence-corrected chi connectivity index (χ2v) is 6.39. The smallest absolute Gasteiger partial charge is 0.257 e. The summed E-state index contributed by atoms with van der Waals surface area (Å²) in [6.07, 6.45) is 0.859. The second kappa shape index (κ2) is 6.22. The van der Waals surface area contributed by atoms with Gasteiger partial charge < -0.3 is 5.73 Å². The number of aromatic nitrogens is 2. The van der Waals surface area contributed by atoms with Gasteiger partial charge in [-0.3, -0.25) is 10.1 Å². The number of rotatable bonds is 4. The van der Waals surface area contributed by atoms with Crippen molar-refractivity contribution in [1.82, 2.24) is 9.97 Å². The average Bonchev–Trinajstić information content (AvgIpc) is 2.77. The van der Waals surface area contributed by atoms with Crippen LogP contribution in [-0.2, 0) is 6.42 Å². The molecule has 2 heterocycles. The molecule has 0 bridgehead atoms. The van der Waals surface area contributed by atoms with Crippen LogP contribution >= 0.6 is 11.3 Å². The third-order valence-electron chi connectivity index (χ3n) is 3.17. The van der Waals surface area contributed by atoms with E-state index in [1.165, 1.54) is 11.3 Å². The molecule has 0 atom stereocenters. The maximum absolute atomic E-state index is 12.3. The molecule has 0 radical (unpaired) electrons. The van der Waals surface area contributed by atoms with Gasteiger partial charge in [-0.15, -0.1) is 11.3 Å². The monoisotopic (exact) mass is 304 g/mol. The number of thiazole rings is 1. The fourth-order valence-corrected chi connectivity index (χ4v) is 2.88. The van der Waals surface area contributed by atoms with E-state index in [0.717, 1.165) is 22.7 Å². The Balaban J connectivity index is 2.23. The van der Waals surface area contributed by atoms with Crippen molar-refractivity contribution in [2.45, 2.75) is 40.0 Å². The first kappa shape index (κ1) is 15.4. The lowest BCUT2D eigenvalue weighted by Gasteiger charge is -2.08. The Bertz CT molecular complexity index is 664. The molecule has 0 aliphatic rings. The number of amides is 1. The van der Waals surface area contributed by atoms with Gasteiger partial charge in [0.25, 0.3) is 5.91 Å². The van der Waals surface area contributed by atoms with Gasteiger partial charge in [0.2, 0.25) is 0 Å². The van der Waals surface area contributed by atoms with Gasteiger partial charge in [0.05, 0.1) is 5.69 Å². The number of hydrogen-bond donors (Lipinski definition) is 2. The molecular formula is C15H20N4OS.